The highest BCUT2D eigenvalue weighted by molar-refractivity contribution is 7.15. The summed E-state index contributed by atoms with van der Waals surface area (Å²) in [5, 5.41) is 12.3. The van der Waals surface area contributed by atoms with Gasteiger partial charge in [-0.1, -0.05) is 60.1 Å². The van der Waals surface area contributed by atoms with Crippen molar-refractivity contribution < 1.29 is 9.90 Å². The van der Waals surface area contributed by atoms with E-state index >= 15 is 0 Å². The van der Waals surface area contributed by atoms with E-state index < -0.39 is 5.97 Å². The zero-order chi connectivity index (χ0) is 15.5. The third-order valence-corrected chi connectivity index (χ3v) is 4.57. The van der Waals surface area contributed by atoms with Gasteiger partial charge in [0.25, 0.3) is 0 Å². The number of hydrogen-bond donors (Lipinski definition) is 0. The molecule has 1 aromatic heterocycles. The molecule has 0 amide bonds. The van der Waals surface area contributed by atoms with E-state index in [1.807, 2.05) is 48.5 Å². The molecule has 0 saturated carbocycles. The largest absolute Gasteiger partial charge is 0.550 e. The predicted octanol–water partition coefficient (Wildman–Crippen LogP) is 3.42. The molecule has 22 heavy (non-hydrogen) atoms. The Kier molecular flexibility index (Phi) is 4.22. The Hall–Kier alpha value is -2.17. The van der Waals surface area contributed by atoms with Gasteiger partial charge in [-0.2, -0.15) is 0 Å². The van der Waals surface area contributed by atoms with Crippen LogP contribution < -0.4 is 5.11 Å². The van der Waals surface area contributed by atoms with Gasteiger partial charge >= 0.3 is 0 Å². The number of thiazole rings is 1. The molecule has 0 N–H and O–H groups in total. The lowest BCUT2D eigenvalue weighted by molar-refractivity contribution is -0.304. The molecule has 110 valence electrons. The van der Waals surface area contributed by atoms with Gasteiger partial charge in [-0.05, 0) is 6.07 Å². The molecule has 0 aliphatic carbocycles. The minimum absolute atomic E-state index is 0.160. The van der Waals surface area contributed by atoms with Crippen molar-refractivity contribution in [2.45, 2.75) is 6.42 Å². The molecule has 5 heteroatoms. The highest BCUT2D eigenvalue weighted by Gasteiger charge is 2.15. The first-order chi connectivity index (χ1) is 10.6. The highest BCUT2D eigenvalue weighted by Crippen LogP contribution is 2.36. The van der Waals surface area contributed by atoms with Crippen LogP contribution in [0.3, 0.4) is 0 Å². The van der Waals surface area contributed by atoms with Crippen LogP contribution in [-0.2, 0) is 11.2 Å². The van der Waals surface area contributed by atoms with Gasteiger partial charge in [-0.25, -0.2) is 4.98 Å². The van der Waals surface area contributed by atoms with Crippen molar-refractivity contribution in [3.8, 4) is 21.8 Å². The van der Waals surface area contributed by atoms with E-state index in [-0.39, 0.29) is 6.42 Å². The first-order valence-corrected chi connectivity index (χ1v) is 7.84. The van der Waals surface area contributed by atoms with Crippen LogP contribution in [0.15, 0.2) is 54.6 Å². The van der Waals surface area contributed by atoms with E-state index in [2.05, 4.69) is 4.98 Å². The molecule has 3 rings (SSSR count). The Bertz CT molecular complexity index is 815. The molecule has 0 saturated heterocycles. The fourth-order valence-electron chi connectivity index (χ4n) is 2.17. The van der Waals surface area contributed by atoms with Crippen LogP contribution >= 0.6 is 22.9 Å². The molecule has 0 unspecified atom stereocenters. The van der Waals surface area contributed by atoms with Crippen molar-refractivity contribution in [3.63, 3.8) is 0 Å². The number of aromatic nitrogens is 1. The number of carboxylic acid groups (broad SMARTS) is 1. The summed E-state index contributed by atoms with van der Waals surface area (Å²) in [5.41, 5.74) is 2.36. The maximum Gasteiger partial charge on any atom is 0.125 e. The fraction of sp³-hybridized carbons (Fsp3) is 0.0588. The number of carbonyl (C=O) groups excluding carboxylic acids is 1. The molecule has 2 aromatic carbocycles. The van der Waals surface area contributed by atoms with Gasteiger partial charge < -0.3 is 9.90 Å². The van der Waals surface area contributed by atoms with E-state index in [1.165, 1.54) is 11.3 Å². The summed E-state index contributed by atoms with van der Waals surface area (Å²) in [7, 11) is 0. The summed E-state index contributed by atoms with van der Waals surface area (Å²) in [6.07, 6.45) is -0.160. The third-order valence-electron chi connectivity index (χ3n) is 3.15. The normalized spacial score (nSPS) is 10.6. The predicted molar refractivity (Wildman–Crippen MR) is 86.7 cm³/mol. The average molecular weight is 329 g/mol. The first-order valence-electron chi connectivity index (χ1n) is 6.65. The van der Waals surface area contributed by atoms with Crippen LogP contribution in [0.1, 0.15) is 4.88 Å². The number of aliphatic carboxylic acids is 1. The zero-order valence-electron chi connectivity index (χ0n) is 11.5. The Labute approximate surface area is 136 Å². The fourth-order valence-corrected chi connectivity index (χ4v) is 3.56. The molecule has 0 spiro atoms. The van der Waals surface area contributed by atoms with Gasteiger partial charge in [0.15, 0.2) is 0 Å². The molecular weight excluding hydrogens is 318 g/mol. The number of carboxylic acids is 1. The smallest absolute Gasteiger partial charge is 0.125 e. The van der Waals surface area contributed by atoms with Crippen molar-refractivity contribution in [2.24, 2.45) is 0 Å². The summed E-state index contributed by atoms with van der Waals surface area (Å²) < 4.78 is 0. The van der Waals surface area contributed by atoms with Gasteiger partial charge in [0.2, 0.25) is 0 Å². The van der Waals surface area contributed by atoms with E-state index in [1.54, 1.807) is 6.07 Å². The number of halogens is 1. The minimum Gasteiger partial charge on any atom is -0.550 e. The summed E-state index contributed by atoms with van der Waals surface area (Å²) in [4.78, 5) is 16.3. The molecule has 0 atom stereocenters. The molecule has 3 nitrogen and oxygen atoms in total. The van der Waals surface area contributed by atoms with Crippen LogP contribution in [0.25, 0.3) is 21.8 Å². The Balaban J connectivity index is 2.13. The zero-order valence-corrected chi connectivity index (χ0v) is 13.0. The number of carbonyl (C=O) groups is 1. The van der Waals surface area contributed by atoms with Crippen molar-refractivity contribution in [2.75, 3.05) is 0 Å². The minimum atomic E-state index is -1.12. The summed E-state index contributed by atoms with van der Waals surface area (Å²) in [6.45, 7) is 0. The Morgan fingerprint density at radius 3 is 2.45 bits per heavy atom. The van der Waals surface area contributed by atoms with Gasteiger partial charge in [0, 0.05) is 28.4 Å². The molecular formula is C17H11ClNO2S-. The molecule has 3 aromatic rings. The van der Waals surface area contributed by atoms with Crippen LogP contribution in [0.4, 0.5) is 0 Å². The van der Waals surface area contributed by atoms with E-state index in [0.29, 0.717) is 20.6 Å². The number of rotatable bonds is 4. The molecule has 0 aliphatic heterocycles. The SMILES string of the molecule is O=C([O-])Cc1sc(-c2ccccc2Cl)nc1-c1ccccc1. The second-order valence-electron chi connectivity index (χ2n) is 4.69. The van der Waals surface area contributed by atoms with Gasteiger partial charge in [0.1, 0.15) is 5.01 Å². The van der Waals surface area contributed by atoms with Crippen molar-refractivity contribution >= 4 is 28.9 Å². The molecule has 0 fully saturated rings. The second kappa shape index (κ2) is 6.30. The highest BCUT2D eigenvalue weighted by atomic mass is 35.5. The molecule has 1 heterocycles. The van der Waals surface area contributed by atoms with Crippen molar-refractivity contribution in [3.05, 3.63) is 64.5 Å². The Morgan fingerprint density at radius 1 is 1.09 bits per heavy atom. The summed E-state index contributed by atoms with van der Waals surface area (Å²) in [5.74, 6) is -1.12. The Morgan fingerprint density at radius 2 is 1.77 bits per heavy atom. The molecule has 0 aliphatic rings. The van der Waals surface area contributed by atoms with Crippen LogP contribution in [-0.4, -0.2) is 11.0 Å². The second-order valence-corrected chi connectivity index (χ2v) is 6.18. The molecule has 0 bridgehead atoms. The molecule has 0 radical (unpaired) electrons. The quantitative estimate of drug-likeness (QED) is 0.737. The summed E-state index contributed by atoms with van der Waals surface area (Å²) >= 11 is 7.54. The third kappa shape index (κ3) is 3.03. The number of benzene rings is 2. The first kappa shape index (κ1) is 14.8. The lowest BCUT2D eigenvalue weighted by Crippen LogP contribution is -2.24. The van der Waals surface area contributed by atoms with E-state index in [4.69, 9.17) is 11.6 Å². The van der Waals surface area contributed by atoms with Gasteiger partial charge in [-0.15, -0.1) is 11.3 Å². The topological polar surface area (TPSA) is 53.0 Å². The standard InChI is InChI=1S/C17H12ClNO2S/c18-13-9-5-4-8-12(13)17-19-16(11-6-2-1-3-7-11)14(22-17)10-15(20)21/h1-9H,10H2,(H,20,21)/p-1. The van der Waals surface area contributed by atoms with E-state index in [0.717, 1.165) is 11.1 Å². The number of nitrogens with zero attached hydrogens (tertiary/aromatic N) is 1. The van der Waals surface area contributed by atoms with Crippen LogP contribution in [0, 0.1) is 0 Å². The van der Waals surface area contributed by atoms with Gasteiger partial charge in [0.05, 0.1) is 10.7 Å². The summed E-state index contributed by atoms with van der Waals surface area (Å²) in [6, 6.07) is 16.9. The van der Waals surface area contributed by atoms with E-state index in [9.17, 15) is 9.90 Å². The van der Waals surface area contributed by atoms with Crippen LogP contribution in [0.2, 0.25) is 5.02 Å². The lowest BCUT2D eigenvalue weighted by Gasteiger charge is -2.02. The average Bonchev–Trinajstić information content (AvgIpc) is 2.91. The lowest BCUT2D eigenvalue weighted by atomic mass is 10.1. The van der Waals surface area contributed by atoms with Crippen LogP contribution in [0.5, 0.6) is 0 Å². The van der Waals surface area contributed by atoms with Crippen molar-refractivity contribution in [1.82, 2.24) is 4.98 Å². The van der Waals surface area contributed by atoms with Crippen molar-refractivity contribution in [1.29, 1.82) is 0 Å². The maximum absolute atomic E-state index is 11.0. The monoisotopic (exact) mass is 328 g/mol. The maximum atomic E-state index is 11.0. The van der Waals surface area contributed by atoms with Gasteiger partial charge in [-0.3, -0.25) is 0 Å². The number of hydrogen-bond acceptors (Lipinski definition) is 4.